The molecule has 1 saturated carbocycles. The van der Waals surface area contributed by atoms with Crippen molar-refractivity contribution in [2.24, 2.45) is 0 Å². The van der Waals surface area contributed by atoms with E-state index in [2.05, 4.69) is 4.98 Å². The molecule has 3 rings (SSSR count). The van der Waals surface area contributed by atoms with Crippen molar-refractivity contribution in [1.29, 1.82) is 0 Å². The number of halogens is 2. The number of imidazole rings is 1. The lowest BCUT2D eigenvalue weighted by atomic mass is 9.92. The van der Waals surface area contributed by atoms with E-state index in [1.807, 2.05) is 4.57 Å². The van der Waals surface area contributed by atoms with Gasteiger partial charge in [0.05, 0.1) is 33.2 Å². The first-order chi connectivity index (χ1) is 9.08. The van der Waals surface area contributed by atoms with Crippen molar-refractivity contribution < 1.29 is 5.11 Å². The summed E-state index contributed by atoms with van der Waals surface area (Å²) in [7, 11) is 0. The third kappa shape index (κ3) is 2.18. The zero-order chi connectivity index (χ0) is 13.6. The van der Waals surface area contributed by atoms with Crippen molar-refractivity contribution in [3.8, 4) is 0 Å². The van der Waals surface area contributed by atoms with Gasteiger partial charge < -0.3 is 15.4 Å². The minimum atomic E-state index is -0.386. The predicted octanol–water partition coefficient (Wildman–Crippen LogP) is 3.40. The van der Waals surface area contributed by atoms with Crippen molar-refractivity contribution in [2.45, 2.75) is 37.8 Å². The fourth-order valence-electron chi connectivity index (χ4n) is 2.85. The lowest BCUT2D eigenvalue weighted by molar-refractivity contribution is 0.0783. The van der Waals surface area contributed by atoms with Gasteiger partial charge in [0, 0.05) is 0 Å². The molecule has 0 aliphatic heterocycles. The number of hydrogen-bond donors (Lipinski definition) is 2. The molecule has 0 saturated heterocycles. The topological polar surface area (TPSA) is 64.1 Å². The maximum Gasteiger partial charge on any atom is 0.201 e. The molecule has 4 nitrogen and oxygen atoms in total. The predicted molar refractivity (Wildman–Crippen MR) is 77.7 cm³/mol. The lowest BCUT2D eigenvalue weighted by Crippen LogP contribution is -2.28. The summed E-state index contributed by atoms with van der Waals surface area (Å²) in [5.74, 6) is 0.402. The monoisotopic (exact) mass is 299 g/mol. The van der Waals surface area contributed by atoms with E-state index < -0.39 is 0 Å². The normalized spacial score (nSPS) is 23.9. The Morgan fingerprint density at radius 3 is 2.63 bits per heavy atom. The summed E-state index contributed by atoms with van der Waals surface area (Å²) >= 11 is 12.1. The van der Waals surface area contributed by atoms with Crippen LogP contribution in [0.3, 0.4) is 0 Å². The quantitative estimate of drug-likeness (QED) is 0.848. The van der Waals surface area contributed by atoms with Crippen LogP contribution in [0.1, 0.15) is 31.7 Å². The molecule has 0 bridgehead atoms. The van der Waals surface area contributed by atoms with Gasteiger partial charge >= 0.3 is 0 Å². The highest BCUT2D eigenvalue weighted by molar-refractivity contribution is 6.42. The van der Waals surface area contributed by atoms with Crippen molar-refractivity contribution >= 4 is 40.2 Å². The van der Waals surface area contributed by atoms with Crippen molar-refractivity contribution in [2.75, 3.05) is 5.73 Å². The van der Waals surface area contributed by atoms with Crippen LogP contribution in [0.4, 0.5) is 5.95 Å². The molecular formula is C13H15Cl2N3O. The summed E-state index contributed by atoms with van der Waals surface area (Å²) in [4.78, 5) is 4.31. The second kappa shape index (κ2) is 4.85. The van der Waals surface area contributed by atoms with Gasteiger partial charge in [-0.3, -0.25) is 0 Å². The number of aliphatic hydroxyl groups excluding tert-OH is 1. The molecule has 1 fully saturated rings. The van der Waals surface area contributed by atoms with Gasteiger partial charge in [-0.1, -0.05) is 36.0 Å². The van der Waals surface area contributed by atoms with Crippen LogP contribution >= 0.6 is 23.2 Å². The molecule has 6 heteroatoms. The van der Waals surface area contributed by atoms with Crippen molar-refractivity contribution in [3.63, 3.8) is 0 Å². The molecule has 0 amide bonds. The average Bonchev–Trinajstić information content (AvgIpc) is 2.66. The van der Waals surface area contributed by atoms with Crippen molar-refractivity contribution in [3.05, 3.63) is 22.2 Å². The number of hydrogen-bond acceptors (Lipinski definition) is 3. The molecule has 1 heterocycles. The van der Waals surface area contributed by atoms with E-state index >= 15 is 0 Å². The SMILES string of the molecule is Nc1nc2cc(Cl)c(Cl)cc2n1C1CCCCC1O. The van der Waals surface area contributed by atoms with E-state index in [-0.39, 0.29) is 12.1 Å². The summed E-state index contributed by atoms with van der Waals surface area (Å²) in [5.41, 5.74) is 7.55. The summed E-state index contributed by atoms with van der Waals surface area (Å²) in [6.07, 6.45) is 3.45. The van der Waals surface area contributed by atoms with Gasteiger partial charge in [0.15, 0.2) is 0 Å². The first kappa shape index (κ1) is 13.0. The Morgan fingerprint density at radius 1 is 1.21 bits per heavy atom. The van der Waals surface area contributed by atoms with Gasteiger partial charge in [-0.25, -0.2) is 4.98 Å². The molecule has 0 spiro atoms. The number of anilines is 1. The largest absolute Gasteiger partial charge is 0.391 e. The number of aromatic nitrogens is 2. The Kier molecular flexibility index (Phi) is 3.33. The second-order valence-electron chi connectivity index (χ2n) is 5.01. The second-order valence-corrected chi connectivity index (χ2v) is 5.83. The molecule has 2 unspecified atom stereocenters. The van der Waals surface area contributed by atoms with E-state index in [9.17, 15) is 5.11 Å². The molecule has 1 aromatic carbocycles. The van der Waals surface area contributed by atoms with Crippen LogP contribution in [-0.2, 0) is 0 Å². The van der Waals surface area contributed by atoms with E-state index in [0.29, 0.717) is 21.5 Å². The highest BCUT2D eigenvalue weighted by Crippen LogP contribution is 2.36. The summed E-state index contributed by atoms with van der Waals surface area (Å²) < 4.78 is 1.89. The fourth-order valence-corrected chi connectivity index (χ4v) is 3.17. The van der Waals surface area contributed by atoms with Gasteiger partial charge in [-0.2, -0.15) is 0 Å². The van der Waals surface area contributed by atoms with Gasteiger partial charge in [-0.05, 0) is 25.0 Å². The molecule has 1 aliphatic carbocycles. The Morgan fingerprint density at radius 2 is 1.89 bits per heavy atom. The zero-order valence-corrected chi connectivity index (χ0v) is 11.8. The number of fused-ring (bicyclic) bond motifs is 1. The highest BCUT2D eigenvalue weighted by atomic mass is 35.5. The van der Waals surface area contributed by atoms with E-state index in [4.69, 9.17) is 28.9 Å². The number of nitrogens with two attached hydrogens (primary N) is 1. The number of nitrogen functional groups attached to an aromatic ring is 1. The summed E-state index contributed by atoms with van der Waals surface area (Å²) in [6.45, 7) is 0. The molecule has 0 radical (unpaired) electrons. The smallest absolute Gasteiger partial charge is 0.201 e. The minimum Gasteiger partial charge on any atom is -0.391 e. The maximum absolute atomic E-state index is 10.2. The Bertz CT molecular complexity index is 626. The molecule has 2 atom stereocenters. The van der Waals surface area contributed by atoms with Crippen LogP contribution in [0.25, 0.3) is 11.0 Å². The summed E-state index contributed by atoms with van der Waals surface area (Å²) in [6, 6.07) is 3.45. The first-order valence-corrected chi connectivity index (χ1v) is 7.14. The summed E-state index contributed by atoms with van der Waals surface area (Å²) in [5, 5.41) is 11.1. The van der Waals surface area contributed by atoms with Crippen molar-refractivity contribution in [1.82, 2.24) is 9.55 Å². The molecule has 3 N–H and O–H groups in total. The van der Waals surface area contributed by atoms with E-state index in [1.54, 1.807) is 12.1 Å². The fraction of sp³-hybridized carbons (Fsp3) is 0.462. The molecule has 1 aromatic heterocycles. The molecule has 2 aromatic rings. The van der Waals surface area contributed by atoms with Crippen LogP contribution in [0.2, 0.25) is 10.0 Å². The van der Waals surface area contributed by atoms with Gasteiger partial charge in [0.25, 0.3) is 0 Å². The van der Waals surface area contributed by atoms with Crippen LogP contribution in [-0.4, -0.2) is 20.8 Å². The molecular weight excluding hydrogens is 285 g/mol. The third-order valence-electron chi connectivity index (χ3n) is 3.78. The Hall–Kier alpha value is -0.970. The van der Waals surface area contributed by atoms with Crippen LogP contribution in [0.5, 0.6) is 0 Å². The number of rotatable bonds is 1. The van der Waals surface area contributed by atoms with Gasteiger partial charge in [0.2, 0.25) is 5.95 Å². The standard InChI is InChI=1S/C13H15Cl2N3O/c14-7-5-9-11(6-8(7)15)18(13(16)17-9)10-3-1-2-4-12(10)19/h5-6,10,12,19H,1-4H2,(H2,16,17). The first-order valence-electron chi connectivity index (χ1n) is 6.38. The third-order valence-corrected chi connectivity index (χ3v) is 4.51. The van der Waals surface area contributed by atoms with Crippen LogP contribution in [0.15, 0.2) is 12.1 Å². The van der Waals surface area contributed by atoms with Gasteiger partial charge in [0.1, 0.15) is 0 Å². The Labute approximate surface area is 121 Å². The molecule has 1 aliphatic rings. The maximum atomic E-state index is 10.2. The van der Waals surface area contributed by atoms with Gasteiger partial charge in [-0.15, -0.1) is 0 Å². The van der Waals surface area contributed by atoms with E-state index in [1.165, 1.54) is 0 Å². The lowest BCUT2D eigenvalue weighted by Gasteiger charge is -2.29. The Balaban J connectivity index is 2.16. The van der Waals surface area contributed by atoms with Crippen LogP contribution in [0, 0.1) is 0 Å². The molecule has 102 valence electrons. The molecule has 19 heavy (non-hydrogen) atoms. The highest BCUT2D eigenvalue weighted by Gasteiger charge is 2.27. The average molecular weight is 300 g/mol. The van der Waals surface area contributed by atoms with E-state index in [0.717, 1.165) is 31.2 Å². The number of benzene rings is 1. The number of nitrogens with zero attached hydrogens (tertiary/aromatic N) is 2. The zero-order valence-electron chi connectivity index (χ0n) is 10.3. The van der Waals surface area contributed by atoms with Crippen LogP contribution < -0.4 is 5.73 Å². The minimum absolute atomic E-state index is 0.0315. The number of aliphatic hydroxyl groups is 1.